The average molecular weight is 398 g/mol. The number of rotatable bonds is 6. The fourth-order valence-electron chi connectivity index (χ4n) is 3.12. The third-order valence-electron chi connectivity index (χ3n) is 4.79. The second kappa shape index (κ2) is 8.57. The first-order chi connectivity index (χ1) is 14.6. The summed E-state index contributed by atoms with van der Waals surface area (Å²) in [4.78, 5) is 21.0. The van der Waals surface area contributed by atoms with Gasteiger partial charge in [-0.05, 0) is 48.9 Å². The van der Waals surface area contributed by atoms with Crippen LogP contribution in [0.1, 0.15) is 6.92 Å². The number of aryl methyl sites for hydroxylation is 1. The predicted molar refractivity (Wildman–Crippen MR) is 118 cm³/mol. The first-order valence-electron chi connectivity index (χ1n) is 9.62. The van der Waals surface area contributed by atoms with Crippen molar-refractivity contribution >= 4 is 17.4 Å². The molecule has 7 heteroatoms. The van der Waals surface area contributed by atoms with Crippen LogP contribution in [0.4, 0.5) is 11.5 Å². The first kappa shape index (κ1) is 19.3. The molecule has 1 aromatic carbocycles. The Balaban J connectivity index is 1.36. The van der Waals surface area contributed by atoms with Crippen LogP contribution in [0.3, 0.4) is 0 Å². The van der Waals surface area contributed by atoms with Crippen LogP contribution in [0.15, 0.2) is 79.4 Å². The van der Waals surface area contributed by atoms with Crippen molar-refractivity contribution in [1.29, 1.82) is 0 Å². The minimum Gasteiger partial charge on any atom is -0.374 e. The molecular weight excluding hydrogens is 376 g/mol. The summed E-state index contributed by atoms with van der Waals surface area (Å²) in [5, 5.41) is 10.2. The number of aromatic nitrogens is 4. The molecule has 4 rings (SSSR count). The summed E-state index contributed by atoms with van der Waals surface area (Å²) >= 11 is 0. The molecule has 0 fully saturated rings. The monoisotopic (exact) mass is 398 g/mol. The van der Waals surface area contributed by atoms with Crippen LogP contribution in [0.5, 0.6) is 0 Å². The number of nitrogens with zero attached hydrogens (tertiary/aromatic N) is 4. The van der Waals surface area contributed by atoms with Crippen LogP contribution in [0.2, 0.25) is 0 Å². The van der Waals surface area contributed by atoms with E-state index in [0.717, 1.165) is 28.1 Å². The van der Waals surface area contributed by atoms with Gasteiger partial charge in [-0.15, -0.1) is 0 Å². The Morgan fingerprint density at radius 3 is 2.33 bits per heavy atom. The Kier molecular flexibility index (Phi) is 5.52. The van der Waals surface area contributed by atoms with Gasteiger partial charge < -0.3 is 10.6 Å². The molecule has 30 heavy (non-hydrogen) atoms. The lowest BCUT2D eigenvalue weighted by atomic mass is 10.1. The zero-order valence-corrected chi connectivity index (χ0v) is 16.8. The fourth-order valence-corrected chi connectivity index (χ4v) is 3.12. The standard InChI is InChI=1S/C23H22N6O/c1-16(27-20-8-5-17(6-9-20)21-11-13-26-29(21)2)23(30)28-22-10-7-19(15-25-22)18-4-3-12-24-14-18/h3-16,27H,1-2H3,(H,25,28,30)/t16-/m0/s1. The SMILES string of the molecule is C[C@H](Nc1ccc(-c2ccnn2C)cc1)C(=O)Nc1ccc(-c2cccnc2)cn1. The topological polar surface area (TPSA) is 84.7 Å². The van der Waals surface area contributed by atoms with Crippen LogP contribution in [0.25, 0.3) is 22.4 Å². The highest BCUT2D eigenvalue weighted by Gasteiger charge is 2.14. The number of hydrogen-bond donors (Lipinski definition) is 2. The molecule has 0 aliphatic rings. The molecule has 0 radical (unpaired) electrons. The van der Waals surface area contributed by atoms with Crippen molar-refractivity contribution in [3.63, 3.8) is 0 Å². The minimum atomic E-state index is -0.424. The normalized spacial score (nSPS) is 11.7. The van der Waals surface area contributed by atoms with E-state index in [9.17, 15) is 4.79 Å². The third-order valence-corrected chi connectivity index (χ3v) is 4.79. The highest BCUT2D eigenvalue weighted by Crippen LogP contribution is 2.21. The molecule has 3 heterocycles. The van der Waals surface area contributed by atoms with Gasteiger partial charge in [0.15, 0.2) is 0 Å². The van der Waals surface area contributed by atoms with Crippen molar-refractivity contribution in [2.24, 2.45) is 7.05 Å². The number of hydrogen-bond acceptors (Lipinski definition) is 5. The molecule has 2 N–H and O–H groups in total. The van der Waals surface area contributed by atoms with Crippen molar-refractivity contribution in [2.75, 3.05) is 10.6 Å². The van der Waals surface area contributed by atoms with Gasteiger partial charge in [0.2, 0.25) is 5.91 Å². The molecule has 1 atom stereocenters. The zero-order chi connectivity index (χ0) is 20.9. The maximum absolute atomic E-state index is 12.5. The van der Waals surface area contributed by atoms with Gasteiger partial charge >= 0.3 is 0 Å². The van der Waals surface area contributed by atoms with Gasteiger partial charge in [0, 0.05) is 48.6 Å². The molecule has 0 saturated carbocycles. The summed E-state index contributed by atoms with van der Waals surface area (Å²) in [5.41, 5.74) is 4.89. The molecule has 0 aliphatic carbocycles. The molecule has 3 aromatic heterocycles. The van der Waals surface area contributed by atoms with E-state index in [0.29, 0.717) is 5.82 Å². The lowest BCUT2D eigenvalue weighted by molar-refractivity contribution is -0.116. The van der Waals surface area contributed by atoms with Crippen molar-refractivity contribution < 1.29 is 4.79 Å². The average Bonchev–Trinajstić information content (AvgIpc) is 3.21. The molecule has 150 valence electrons. The van der Waals surface area contributed by atoms with Crippen molar-refractivity contribution in [1.82, 2.24) is 19.7 Å². The molecule has 7 nitrogen and oxygen atoms in total. The van der Waals surface area contributed by atoms with Gasteiger partial charge in [-0.25, -0.2) is 4.98 Å². The number of nitrogens with one attached hydrogen (secondary N) is 2. The highest BCUT2D eigenvalue weighted by atomic mass is 16.2. The van der Waals surface area contributed by atoms with Gasteiger partial charge in [-0.2, -0.15) is 5.10 Å². The summed E-state index contributed by atoms with van der Waals surface area (Å²) in [6.45, 7) is 1.81. The maximum atomic E-state index is 12.5. The largest absolute Gasteiger partial charge is 0.374 e. The van der Waals surface area contributed by atoms with E-state index >= 15 is 0 Å². The molecule has 0 aliphatic heterocycles. The molecule has 0 bridgehead atoms. The summed E-state index contributed by atoms with van der Waals surface area (Å²) in [5.74, 6) is 0.347. The van der Waals surface area contributed by atoms with Gasteiger partial charge in [0.25, 0.3) is 0 Å². The van der Waals surface area contributed by atoms with Crippen molar-refractivity contribution in [3.05, 3.63) is 79.4 Å². The minimum absolute atomic E-state index is 0.160. The summed E-state index contributed by atoms with van der Waals surface area (Å²) in [6.07, 6.45) is 7.00. The van der Waals surface area contributed by atoms with E-state index in [4.69, 9.17) is 0 Å². The quantitative estimate of drug-likeness (QED) is 0.513. The second-order valence-electron chi connectivity index (χ2n) is 6.95. The van der Waals surface area contributed by atoms with Gasteiger partial charge in [-0.1, -0.05) is 18.2 Å². The lowest BCUT2D eigenvalue weighted by Gasteiger charge is -2.15. The van der Waals surface area contributed by atoms with Crippen molar-refractivity contribution in [3.8, 4) is 22.4 Å². The Bertz CT molecular complexity index is 1120. The van der Waals surface area contributed by atoms with E-state index in [1.165, 1.54) is 0 Å². The number of anilines is 2. The predicted octanol–water partition coefficient (Wildman–Crippen LogP) is 3.98. The van der Waals surface area contributed by atoms with E-state index < -0.39 is 6.04 Å². The summed E-state index contributed by atoms with van der Waals surface area (Å²) in [6, 6.07) is 17.0. The van der Waals surface area contributed by atoms with Gasteiger partial charge in [-0.3, -0.25) is 14.5 Å². The van der Waals surface area contributed by atoms with Crippen LogP contribution >= 0.6 is 0 Å². The molecule has 4 aromatic rings. The van der Waals surface area contributed by atoms with E-state index in [1.807, 2.05) is 67.2 Å². The van der Waals surface area contributed by atoms with Crippen LogP contribution in [-0.4, -0.2) is 31.7 Å². The Morgan fingerprint density at radius 2 is 1.70 bits per heavy atom. The van der Waals surface area contributed by atoms with Gasteiger partial charge in [0.05, 0.1) is 5.69 Å². The molecule has 1 amide bonds. The van der Waals surface area contributed by atoms with Gasteiger partial charge in [0.1, 0.15) is 11.9 Å². The van der Waals surface area contributed by atoms with Crippen molar-refractivity contribution in [2.45, 2.75) is 13.0 Å². The molecule has 0 saturated heterocycles. The zero-order valence-electron chi connectivity index (χ0n) is 16.8. The molecule has 0 spiro atoms. The fraction of sp³-hybridized carbons (Fsp3) is 0.130. The maximum Gasteiger partial charge on any atom is 0.247 e. The second-order valence-corrected chi connectivity index (χ2v) is 6.95. The number of carbonyl (C=O) groups excluding carboxylic acids is 1. The Hall–Kier alpha value is -4.00. The van der Waals surface area contributed by atoms with Crippen LogP contribution in [0, 0.1) is 0 Å². The van der Waals surface area contributed by atoms with Crippen LogP contribution in [-0.2, 0) is 11.8 Å². The number of benzene rings is 1. The van der Waals surface area contributed by atoms with Crippen LogP contribution < -0.4 is 10.6 Å². The Labute approximate surface area is 174 Å². The molecule has 0 unspecified atom stereocenters. The first-order valence-corrected chi connectivity index (χ1v) is 9.62. The molecular formula is C23H22N6O. The number of pyridine rings is 2. The number of carbonyl (C=O) groups is 1. The highest BCUT2D eigenvalue weighted by molar-refractivity contribution is 5.95. The third kappa shape index (κ3) is 4.35. The lowest BCUT2D eigenvalue weighted by Crippen LogP contribution is -2.32. The number of amides is 1. The smallest absolute Gasteiger partial charge is 0.247 e. The van der Waals surface area contributed by atoms with E-state index in [2.05, 4.69) is 25.7 Å². The summed E-state index contributed by atoms with van der Waals surface area (Å²) in [7, 11) is 1.91. The summed E-state index contributed by atoms with van der Waals surface area (Å²) < 4.78 is 1.82. The Morgan fingerprint density at radius 1 is 0.933 bits per heavy atom. The van der Waals surface area contributed by atoms with E-state index in [1.54, 1.807) is 30.9 Å². The van der Waals surface area contributed by atoms with E-state index in [-0.39, 0.29) is 5.91 Å².